The van der Waals surface area contributed by atoms with Gasteiger partial charge >= 0.3 is 0 Å². The Balaban J connectivity index is 0.921. The summed E-state index contributed by atoms with van der Waals surface area (Å²) in [7, 11) is 0. The minimum absolute atomic E-state index is 0.0252. The van der Waals surface area contributed by atoms with Crippen LogP contribution < -0.4 is 61.5 Å². The summed E-state index contributed by atoms with van der Waals surface area (Å²) >= 11 is 1.98. The Kier molecular flexibility index (Phi) is 15.2. The molecule has 6 aliphatic rings. The van der Waals surface area contributed by atoms with Gasteiger partial charge in [0.05, 0.1) is 17.1 Å². The molecule has 0 atom stereocenters. The number of aryl methyl sites for hydroxylation is 4. The highest BCUT2D eigenvalue weighted by molar-refractivity contribution is 7.33. The second kappa shape index (κ2) is 24.6. The first kappa shape index (κ1) is 67.1. The van der Waals surface area contributed by atoms with Crippen LogP contribution in [0.1, 0.15) is 126 Å². The van der Waals surface area contributed by atoms with E-state index in [-0.39, 0.29) is 35.1 Å². The molecule has 4 aliphatic heterocycles. The van der Waals surface area contributed by atoms with Gasteiger partial charge in [-0.2, -0.15) is 0 Å². The summed E-state index contributed by atoms with van der Waals surface area (Å²) < 4.78 is 2.63. The lowest BCUT2D eigenvalue weighted by molar-refractivity contribution is 0.332. The Bertz CT molecular complexity index is 6000. The first-order chi connectivity index (χ1) is 52.7. The Labute approximate surface area is 648 Å². The molecule has 9 heteroatoms. The van der Waals surface area contributed by atoms with Crippen molar-refractivity contribution in [1.82, 2.24) is 0 Å². The quantitative estimate of drug-likeness (QED) is 0.126. The monoisotopic (exact) mass is 1430 g/mol. The number of thiophene rings is 1. The fourth-order valence-corrected chi connectivity index (χ4v) is 21.2. The lowest BCUT2D eigenvalue weighted by Crippen LogP contribution is -2.65. The SMILES string of the molecule is Cc1ccccc1N(c1cc2c3c(c1)N(c1ccccc1)c1cc4c(cc1B3c1ccccc1N2c1ccc2c(c1)C(C)(C)CCC2(C)C)B1c2sc3ccccc3c2N(c2ccc3c(c2)C(C)(C)CCC3(C)C)c2cc(N(c3ccccc3C)c3ccccc3C)cc(c21)N4c1ccccc1)c1ccccc1C. The standard InChI is InChI=1S/C100H90B2N6S/c1-63-31-19-25-41-81(63)106(82-42-26-20-32-64(82)2)71-57-88-93-89(58-71)105(69-47-49-74-76(55-69)99(9,10)53-51-97(74,5)6)85-45-29-24-40-78(85)101(93)79-61-80-87(62-86(79)103(88)67-35-15-13-16-36-67)104(68-37-17-14-18-38-68)90-59-72(107(83-43-27-21-33-65(83)3)84-44-28-22-34-66(84)4)60-91-94(90)102(80)96-95(73-39-23-30-46-92(73)109-96)108(91)70-48-50-75-77(56-70)100(11,12)54-52-98(75,7)8/h13-50,55-62H,51-54H2,1-12H3. The normalized spacial score (nSPS) is 16.1. The van der Waals surface area contributed by atoms with Gasteiger partial charge in [-0.3, -0.25) is 0 Å². The van der Waals surface area contributed by atoms with Crippen molar-refractivity contribution in [2.24, 2.45) is 0 Å². The van der Waals surface area contributed by atoms with Crippen LogP contribution in [0.4, 0.5) is 102 Å². The zero-order valence-corrected chi connectivity index (χ0v) is 65.4. The minimum Gasteiger partial charge on any atom is -0.311 e. The molecule has 0 bridgehead atoms. The Hall–Kier alpha value is -11.3. The highest BCUT2D eigenvalue weighted by atomic mass is 32.1. The fourth-order valence-electron chi connectivity index (χ4n) is 19.9. The summed E-state index contributed by atoms with van der Waals surface area (Å²) in [6, 6.07) is 108. The van der Waals surface area contributed by atoms with Crippen molar-refractivity contribution in [1.29, 1.82) is 0 Å². The molecule has 532 valence electrons. The zero-order valence-electron chi connectivity index (χ0n) is 64.6. The van der Waals surface area contributed by atoms with Gasteiger partial charge in [0.25, 0.3) is 13.4 Å². The van der Waals surface area contributed by atoms with Crippen molar-refractivity contribution in [3.8, 4) is 0 Å². The predicted molar refractivity (Wildman–Crippen MR) is 469 cm³/mol. The molecule has 109 heavy (non-hydrogen) atoms. The molecule has 13 aromatic carbocycles. The summed E-state index contributed by atoms with van der Waals surface area (Å²) in [4.78, 5) is 15.8. The maximum atomic E-state index is 2.72. The molecule has 6 nitrogen and oxygen atoms in total. The Morgan fingerprint density at radius 2 is 0.661 bits per heavy atom. The first-order valence-corrected chi connectivity index (χ1v) is 40.1. The van der Waals surface area contributed by atoms with Gasteiger partial charge in [-0.1, -0.05) is 219 Å². The van der Waals surface area contributed by atoms with E-state index in [1.54, 1.807) is 0 Å². The van der Waals surface area contributed by atoms with Crippen molar-refractivity contribution < 1.29 is 0 Å². The molecule has 0 saturated carbocycles. The van der Waals surface area contributed by atoms with Crippen molar-refractivity contribution in [2.75, 3.05) is 29.4 Å². The van der Waals surface area contributed by atoms with Crippen LogP contribution in [0, 0.1) is 27.7 Å². The molecule has 0 unspecified atom stereocenters. The largest absolute Gasteiger partial charge is 0.311 e. The van der Waals surface area contributed by atoms with Crippen LogP contribution in [0.25, 0.3) is 10.1 Å². The van der Waals surface area contributed by atoms with E-state index >= 15 is 0 Å². The van der Waals surface area contributed by atoms with Gasteiger partial charge < -0.3 is 29.4 Å². The molecule has 2 aliphatic carbocycles. The van der Waals surface area contributed by atoms with E-state index < -0.39 is 0 Å². The third kappa shape index (κ3) is 10.3. The fraction of sp³-hybridized carbons (Fsp3) is 0.200. The Morgan fingerprint density at radius 1 is 0.294 bits per heavy atom. The number of benzene rings is 13. The average molecular weight is 1430 g/mol. The van der Waals surface area contributed by atoms with E-state index in [9.17, 15) is 0 Å². The second-order valence-electron chi connectivity index (χ2n) is 34.3. The number of hydrogen-bond donors (Lipinski definition) is 0. The number of hydrogen-bond acceptors (Lipinski definition) is 7. The zero-order chi connectivity index (χ0) is 74.3. The van der Waals surface area contributed by atoms with Gasteiger partial charge in [-0.15, -0.1) is 11.3 Å². The number of para-hydroxylation sites is 7. The average Bonchev–Trinajstić information content (AvgIpc) is 1.62. The van der Waals surface area contributed by atoms with Crippen molar-refractivity contribution >= 4 is 169 Å². The number of rotatable bonds is 10. The van der Waals surface area contributed by atoms with Crippen LogP contribution in [-0.2, 0) is 21.7 Å². The van der Waals surface area contributed by atoms with E-state index in [0.29, 0.717) is 0 Å². The molecule has 14 aromatic rings. The van der Waals surface area contributed by atoms with Crippen LogP contribution >= 0.6 is 11.3 Å². The summed E-state index contributed by atoms with van der Waals surface area (Å²) in [6.45, 7) is 28.4. The molecule has 1 aromatic heterocycles. The van der Waals surface area contributed by atoms with Crippen molar-refractivity contribution in [3.63, 3.8) is 0 Å². The molecule has 20 rings (SSSR count). The Morgan fingerprint density at radius 3 is 1.13 bits per heavy atom. The lowest BCUT2D eigenvalue weighted by atomic mass is 9.31. The van der Waals surface area contributed by atoms with Gasteiger partial charge in [0.2, 0.25) is 0 Å². The predicted octanol–water partition coefficient (Wildman–Crippen LogP) is 23.9. The molecule has 0 amide bonds. The van der Waals surface area contributed by atoms with Crippen LogP contribution in [-0.4, -0.2) is 13.4 Å². The lowest BCUT2D eigenvalue weighted by Gasteiger charge is -2.48. The summed E-state index contributed by atoms with van der Waals surface area (Å²) in [5.41, 5.74) is 37.8. The van der Waals surface area contributed by atoms with Gasteiger partial charge in [-0.25, -0.2) is 0 Å². The third-order valence-electron chi connectivity index (χ3n) is 25.8. The number of nitrogens with zero attached hydrogens (tertiary/aromatic N) is 6. The first-order valence-electron chi connectivity index (χ1n) is 39.3. The van der Waals surface area contributed by atoms with Crippen molar-refractivity contribution in [2.45, 2.75) is 130 Å². The third-order valence-corrected chi connectivity index (χ3v) is 27.0. The van der Waals surface area contributed by atoms with Gasteiger partial charge in [0, 0.05) is 100 Å². The van der Waals surface area contributed by atoms with Gasteiger partial charge in [0.1, 0.15) is 0 Å². The molecule has 0 N–H and O–H groups in total. The summed E-state index contributed by atoms with van der Waals surface area (Å²) in [6.07, 6.45) is 4.53. The molecule has 0 fully saturated rings. The maximum Gasteiger partial charge on any atom is 0.264 e. The smallest absolute Gasteiger partial charge is 0.264 e. The van der Waals surface area contributed by atoms with E-state index in [1.807, 2.05) is 11.3 Å². The molecular weight excluding hydrogens is 1340 g/mol. The van der Waals surface area contributed by atoms with Crippen LogP contribution in [0.15, 0.2) is 279 Å². The topological polar surface area (TPSA) is 19.4 Å². The molecule has 0 spiro atoms. The highest BCUT2D eigenvalue weighted by Gasteiger charge is 2.51. The molecule has 0 saturated heterocycles. The summed E-state index contributed by atoms with van der Waals surface area (Å²) in [5.74, 6) is 0. The van der Waals surface area contributed by atoms with E-state index in [2.05, 4.69) is 392 Å². The molecule has 0 radical (unpaired) electrons. The highest BCUT2D eigenvalue weighted by Crippen LogP contribution is 2.57. The van der Waals surface area contributed by atoms with Crippen LogP contribution in [0.3, 0.4) is 0 Å². The van der Waals surface area contributed by atoms with E-state index in [0.717, 1.165) is 93.9 Å². The minimum atomic E-state index is -0.194. The number of fused-ring (bicyclic) bond motifs is 12. The maximum absolute atomic E-state index is 2.72. The van der Waals surface area contributed by atoms with Crippen LogP contribution in [0.5, 0.6) is 0 Å². The summed E-state index contributed by atoms with van der Waals surface area (Å²) in [5, 5.41) is 1.27. The molecule has 5 heterocycles. The molecular formula is C100H90B2N6S. The number of anilines is 18. The second-order valence-corrected chi connectivity index (χ2v) is 35.4. The van der Waals surface area contributed by atoms with E-state index in [4.69, 9.17) is 0 Å². The van der Waals surface area contributed by atoms with Crippen LogP contribution in [0.2, 0.25) is 0 Å². The van der Waals surface area contributed by atoms with Gasteiger partial charge in [-0.05, 0) is 262 Å². The van der Waals surface area contributed by atoms with Crippen molar-refractivity contribution in [3.05, 3.63) is 324 Å². The van der Waals surface area contributed by atoms with Gasteiger partial charge in [0.15, 0.2) is 0 Å². The van der Waals surface area contributed by atoms with E-state index in [1.165, 1.54) is 121 Å².